The van der Waals surface area contributed by atoms with Crippen molar-refractivity contribution >= 4 is 28.7 Å². The summed E-state index contributed by atoms with van der Waals surface area (Å²) in [6.07, 6.45) is -0.475. The van der Waals surface area contributed by atoms with Crippen molar-refractivity contribution in [3.8, 4) is 11.1 Å². The standard InChI is InChI=1S/C40H31N5/c1-4-13-28(14-5-1)29-23-25-31(26-24-29)38-42-37(30-15-6-2-7-16-30)43-39(44-38)32-17-12-18-33(27-32)40-41-35-21-10-11-22-36(35)45(40)34-19-8-3-9-20-34/h1-27,39-41H,(H,42,43,44). The van der Waals surface area contributed by atoms with E-state index in [-0.39, 0.29) is 6.17 Å². The summed E-state index contributed by atoms with van der Waals surface area (Å²) in [5.74, 6) is 1.61. The van der Waals surface area contributed by atoms with Gasteiger partial charge in [-0.25, -0.2) is 9.98 Å². The van der Waals surface area contributed by atoms with Crippen molar-refractivity contribution in [2.24, 2.45) is 9.98 Å². The highest BCUT2D eigenvalue weighted by Gasteiger charge is 2.31. The normalized spacial score (nSPS) is 17.0. The van der Waals surface area contributed by atoms with Crippen LogP contribution in [0, 0.1) is 0 Å². The van der Waals surface area contributed by atoms with Gasteiger partial charge >= 0.3 is 0 Å². The molecule has 0 saturated heterocycles. The van der Waals surface area contributed by atoms with Crippen LogP contribution in [0.1, 0.15) is 34.6 Å². The van der Waals surface area contributed by atoms with Crippen LogP contribution in [0.15, 0.2) is 174 Å². The Morgan fingerprint density at radius 2 is 1.00 bits per heavy atom. The molecular formula is C40H31N5. The molecule has 2 heterocycles. The van der Waals surface area contributed by atoms with Crippen LogP contribution in [0.4, 0.5) is 17.1 Å². The van der Waals surface area contributed by atoms with Gasteiger partial charge in [-0.15, -0.1) is 0 Å². The zero-order valence-corrected chi connectivity index (χ0v) is 24.6. The number of hydrogen-bond acceptors (Lipinski definition) is 5. The number of rotatable bonds is 6. The number of hydrogen-bond donors (Lipinski definition) is 2. The molecule has 216 valence electrons. The van der Waals surface area contributed by atoms with E-state index in [1.54, 1.807) is 0 Å². The molecule has 2 aliphatic rings. The highest BCUT2D eigenvalue weighted by molar-refractivity contribution is 6.16. The molecule has 0 amide bonds. The smallest absolute Gasteiger partial charge is 0.169 e. The third kappa shape index (κ3) is 5.25. The molecule has 5 heteroatoms. The van der Waals surface area contributed by atoms with Crippen molar-refractivity contribution in [1.82, 2.24) is 5.32 Å². The minimum absolute atomic E-state index is 0.0713. The van der Waals surface area contributed by atoms with E-state index in [4.69, 9.17) is 9.98 Å². The number of nitrogens with zero attached hydrogens (tertiary/aromatic N) is 3. The van der Waals surface area contributed by atoms with E-state index in [0.29, 0.717) is 0 Å². The number of para-hydroxylation sites is 3. The monoisotopic (exact) mass is 581 g/mol. The molecule has 0 saturated carbocycles. The Bertz CT molecular complexity index is 2000. The SMILES string of the molecule is c1ccc(C2=NC(c3cccc(C4Nc5ccccc5N4c4ccccc4)c3)N=C(c3ccc(-c4ccccc4)cc3)N2)cc1. The molecule has 0 fully saturated rings. The number of fused-ring (bicyclic) bond motifs is 1. The van der Waals surface area contributed by atoms with Gasteiger partial charge in [0.25, 0.3) is 0 Å². The van der Waals surface area contributed by atoms with Gasteiger partial charge in [-0.3, -0.25) is 0 Å². The minimum atomic E-state index is -0.404. The van der Waals surface area contributed by atoms with Crippen LogP contribution in [0.3, 0.4) is 0 Å². The topological polar surface area (TPSA) is 52.0 Å². The largest absolute Gasteiger partial charge is 0.359 e. The fourth-order valence-electron chi connectivity index (χ4n) is 6.10. The van der Waals surface area contributed by atoms with Crippen LogP contribution >= 0.6 is 0 Å². The molecule has 45 heavy (non-hydrogen) atoms. The van der Waals surface area contributed by atoms with Gasteiger partial charge in [0.1, 0.15) is 17.8 Å². The molecule has 2 atom stereocenters. The van der Waals surface area contributed by atoms with E-state index in [9.17, 15) is 0 Å². The Labute approximate surface area is 263 Å². The van der Waals surface area contributed by atoms with E-state index in [1.165, 1.54) is 11.1 Å². The number of benzene rings is 6. The third-order valence-electron chi connectivity index (χ3n) is 8.33. The Morgan fingerprint density at radius 3 is 1.71 bits per heavy atom. The zero-order chi connectivity index (χ0) is 30.0. The summed E-state index contributed by atoms with van der Waals surface area (Å²) < 4.78 is 0. The van der Waals surface area contributed by atoms with E-state index in [2.05, 4.69) is 155 Å². The van der Waals surface area contributed by atoms with Crippen molar-refractivity contribution < 1.29 is 0 Å². The van der Waals surface area contributed by atoms with Crippen LogP contribution in [-0.2, 0) is 0 Å². The average molecular weight is 582 g/mol. The van der Waals surface area contributed by atoms with Crippen molar-refractivity contribution in [1.29, 1.82) is 0 Å². The minimum Gasteiger partial charge on any atom is -0.359 e. The van der Waals surface area contributed by atoms with Gasteiger partial charge in [0.2, 0.25) is 0 Å². The molecule has 5 nitrogen and oxygen atoms in total. The van der Waals surface area contributed by atoms with E-state index < -0.39 is 6.17 Å². The summed E-state index contributed by atoms with van der Waals surface area (Å²) in [7, 11) is 0. The number of anilines is 3. The Balaban J connectivity index is 1.17. The first-order chi connectivity index (χ1) is 22.3. The van der Waals surface area contributed by atoms with Gasteiger partial charge in [-0.1, -0.05) is 133 Å². The fourth-order valence-corrected chi connectivity index (χ4v) is 6.10. The zero-order valence-electron chi connectivity index (χ0n) is 24.6. The molecule has 0 radical (unpaired) electrons. The lowest BCUT2D eigenvalue weighted by Gasteiger charge is -2.28. The van der Waals surface area contributed by atoms with Crippen LogP contribution in [0.25, 0.3) is 11.1 Å². The second kappa shape index (κ2) is 11.6. The summed E-state index contributed by atoms with van der Waals surface area (Å²) in [6.45, 7) is 0. The summed E-state index contributed by atoms with van der Waals surface area (Å²) >= 11 is 0. The molecule has 0 aromatic heterocycles. The first-order valence-electron chi connectivity index (χ1n) is 15.2. The third-order valence-corrected chi connectivity index (χ3v) is 8.33. The first-order valence-corrected chi connectivity index (χ1v) is 15.2. The average Bonchev–Trinajstić information content (AvgIpc) is 3.53. The number of aliphatic imine (C=N–C) groups is 2. The molecule has 0 spiro atoms. The number of nitrogens with one attached hydrogen (secondary N) is 2. The molecule has 8 rings (SSSR count). The van der Waals surface area contributed by atoms with E-state index >= 15 is 0 Å². The molecular weight excluding hydrogens is 550 g/mol. The second-order valence-corrected chi connectivity index (χ2v) is 11.2. The molecule has 2 unspecified atom stereocenters. The maximum Gasteiger partial charge on any atom is 0.169 e. The van der Waals surface area contributed by atoms with Crippen molar-refractivity contribution in [3.63, 3.8) is 0 Å². The molecule has 2 N–H and O–H groups in total. The van der Waals surface area contributed by atoms with Gasteiger partial charge in [-0.05, 0) is 52.6 Å². The highest BCUT2D eigenvalue weighted by atomic mass is 15.3. The Morgan fingerprint density at radius 1 is 0.467 bits per heavy atom. The summed E-state index contributed by atoms with van der Waals surface area (Å²) in [5, 5.41) is 7.29. The molecule has 6 aromatic carbocycles. The van der Waals surface area contributed by atoms with Crippen molar-refractivity contribution in [2.75, 3.05) is 10.2 Å². The predicted molar refractivity (Wildman–Crippen MR) is 185 cm³/mol. The Hall–Kier alpha value is -5.94. The summed E-state index contributed by atoms with van der Waals surface area (Å²) in [5.41, 5.74) is 9.99. The molecule has 6 aromatic rings. The van der Waals surface area contributed by atoms with Crippen LogP contribution in [0.2, 0.25) is 0 Å². The van der Waals surface area contributed by atoms with Gasteiger partial charge in [-0.2, -0.15) is 0 Å². The van der Waals surface area contributed by atoms with Crippen molar-refractivity contribution in [2.45, 2.75) is 12.3 Å². The van der Waals surface area contributed by atoms with Crippen LogP contribution in [0.5, 0.6) is 0 Å². The summed E-state index contributed by atoms with van der Waals surface area (Å²) in [4.78, 5) is 12.7. The predicted octanol–water partition coefficient (Wildman–Crippen LogP) is 9.11. The van der Waals surface area contributed by atoms with Crippen molar-refractivity contribution in [3.05, 3.63) is 186 Å². The highest BCUT2D eigenvalue weighted by Crippen LogP contribution is 2.46. The Kier molecular flexibility index (Phi) is 6.89. The molecule has 2 aliphatic heterocycles. The van der Waals surface area contributed by atoms with Gasteiger partial charge in [0.05, 0.1) is 11.4 Å². The van der Waals surface area contributed by atoms with E-state index in [1.807, 2.05) is 24.3 Å². The second-order valence-electron chi connectivity index (χ2n) is 11.2. The molecule has 0 bridgehead atoms. The van der Waals surface area contributed by atoms with Crippen LogP contribution < -0.4 is 15.5 Å². The van der Waals surface area contributed by atoms with E-state index in [0.717, 1.165) is 51.0 Å². The summed E-state index contributed by atoms with van der Waals surface area (Å²) in [6, 6.07) is 56.9. The maximum atomic E-state index is 5.17. The lowest BCUT2D eigenvalue weighted by Crippen LogP contribution is -2.36. The lowest BCUT2D eigenvalue weighted by molar-refractivity contribution is 0.748. The number of amidine groups is 2. The van der Waals surface area contributed by atoms with Gasteiger partial charge < -0.3 is 15.5 Å². The quantitative estimate of drug-likeness (QED) is 0.206. The fraction of sp³-hybridized carbons (Fsp3) is 0.0500. The van der Waals surface area contributed by atoms with Crippen LogP contribution in [-0.4, -0.2) is 11.7 Å². The van der Waals surface area contributed by atoms with Gasteiger partial charge in [0.15, 0.2) is 6.17 Å². The van der Waals surface area contributed by atoms with Gasteiger partial charge in [0, 0.05) is 16.8 Å². The first kappa shape index (κ1) is 26.7. The molecule has 0 aliphatic carbocycles. The lowest BCUT2D eigenvalue weighted by atomic mass is 10.0. The maximum absolute atomic E-state index is 5.17.